The Hall–Kier alpha value is -1.81. The molecule has 2 aromatic rings. The fraction of sp³-hybridized carbons (Fsp3) is 0.143. The van der Waals surface area contributed by atoms with Crippen LogP contribution in [0.3, 0.4) is 0 Å². The SMILES string of the molecule is CN(CS(=O)(=O)c1ccccc1)c1ccccc1. The van der Waals surface area contributed by atoms with Crippen molar-refractivity contribution in [3.05, 3.63) is 60.7 Å². The topological polar surface area (TPSA) is 37.4 Å². The van der Waals surface area contributed by atoms with Gasteiger partial charge in [0.1, 0.15) is 5.88 Å². The van der Waals surface area contributed by atoms with Crippen molar-refractivity contribution in [3.8, 4) is 0 Å². The fourth-order valence-corrected chi connectivity index (χ4v) is 3.09. The van der Waals surface area contributed by atoms with Crippen LogP contribution in [0.4, 0.5) is 5.69 Å². The van der Waals surface area contributed by atoms with Gasteiger partial charge in [0.25, 0.3) is 0 Å². The first-order valence-corrected chi connectivity index (χ1v) is 7.29. The van der Waals surface area contributed by atoms with E-state index in [-0.39, 0.29) is 5.88 Å². The van der Waals surface area contributed by atoms with Crippen molar-refractivity contribution in [2.45, 2.75) is 4.90 Å². The zero-order valence-corrected chi connectivity index (χ0v) is 11.0. The van der Waals surface area contributed by atoms with Gasteiger partial charge in [-0.3, -0.25) is 0 Å². The van der Waals surface area contributed by atoms with Gasteiger partial charge in [-0.05, 0) is 24.3 Å². The van der Waals surface area contributed by atoms with Gasteiger partial charge in [0, 0.05) is 12.7 Å². The van der Waals surface area contributed by atoms with Gasteiger partial charge in [0.15, 0.2) is 9.84 Å². The molecule has 2 rings (SSSR count). The minimum atomic E-state index is -3.28. The first-order chi connectivity index (χ1) is 8.59. The summed E-state index contributed by atoms with van der Waals surface area (Å²) >= 11 is 0. The number of benzene rings is 2. The zero-order valence-electron chi connectivity index (χ0n) is 10.2. The lowest BCUT2D eigenvalue weighted by atomic mass is 10.3. The maximum absolute atomic E-state index is 12.2. The molecule has 0 aliphatic rings. The summed E-state index contributed by atoms with van der Waals surface area (Å²) in [6.45, 7) is 0. The van der Waals surface area contributed by atoms with Crippen LogP contribution in [-0.4, -0.2) is 21.3 Å². The second-order valence-corrected chi connectivity index (χ2v) is 6.05. The van der Waals surface area contributed by atoms with Crippen LogP contribution < -0.4 is 4.90 Å². The average Bonchev–Trinajstić information content (AvgIpc) is 2.40. The third-order valence-corrected chi connectivity index (χ3v) is 4.38. The Labute approximate surface area is 108 Å². The van der Waals surface area contributed by atoms with E-state index in [0.717, 1.165) is 5.69 Å². The van der Waals surface area contributed by atoms with Crippen LogP contribution in [0.5, 0.6) is 0 Å². The van der Waals surface area contributed by atoms with E-state index in [1.807, 2.05) is 30.3 Å². The molecular formula is C14H15NO2S. The van der Waals surface area contributed by atoms with Crippen LogP contribution in [0.15, 0.2) is 65.6 Å². The minimum Gasteiger partial charge on any atom is -0.360 e. The van der Waals surface area contributed by atoms with Gasteiger partial charge >= 0.3 is 0 Å². The van der Waals surface area contributed by atoms with Gasteiger partial charge in [-0.15, -0.1) is 0 Å². The lowest BCUT2D eigenvalue weighted by molar-refractivity contribution is 0.595. The molecule has 0 aliphatic heterocycles. The highest BCUT2D eigenvalue weighted by molar-refractivity contribution is 7.91. The second-order valence-electron chi connectivity index (χ2n) is 4.09. The van der Waals surface area contributed by atoms with Crippen molar-refractivity contribution in [3.63, 3.8) is 0 Å². The first-order valence-electron chi connectivity index (χ1n) is 5.63. The zero-order chi connectivity index (χ0) is 13.0. The van der Waals surface area contributed by atoms with Crippen molar-refractivity contribution >= 4 is 15.5 Å². The molecular weight excluding hydrogens is 246 g/mol. The maximum atomic E-state index is 12.2. The quantitative estimate of drug-likeness (QED) is 0.849. The van der Waals surface area contributed by atoms with E-state index in [9.17, 15) is 8.42 Å². The smallest absolute Gasteiger partial charge is 0.196 e. The molecule has 0 atom stereocenters. The molecule has 0 N–H and O–H groups in total. The number of hydrogen-bond donors (Lipinski definition) is 0. The van der Waals surface area contributed by atoms with Crippen LogP contribution in [0, 0.1) is 0 Å². The van der Waals surface area contributed by atoms with Crippen molar-refractivity contribution < 1.29 is 8.42 Å². The Bertz CT molecular complexity index is 594. The standard InChI is InChI=1S/C14H15NO2S/c1-15(13-8-4-2-5-9-13)12-18(16,17)14-10-6-3-7-11-14/h2-11H,12H2,1H3. The van der Waals surface area contributed by atoms with Crippen molar-refractivity contribution in [1.82, 2.24) is 0 Å². The molecule has 0 spiro atoms. The summed E-state index contributed by atoms with van der Waals surface area (Å²) in [6, 6.07) is 18.0. The summed E-state index contributed by atoms with van der Waals surface area (Å²) < 4.78 is 24.3. The summed E-state index contributed by atoms with van der Waals surface area (Å²) in [4.78, 5) is 2.08. The van der Waals surface area contributed by atoms with Gasteiger partial charge < -0.3 is 4.90 Å². The highest BCUT2D eigenvalue weighted by atomic mass is 32.2. The Morgan fingerprint density at radius 2 is 1.39 bits per heavy atom. The van der Waals surface area contributed by atoms with E-state index >= 15 is 0 Å². The molecule has 0 saturated heterocycles. The largest absolute Gasteiger partial charge is 0.360 e. The molecule has 2 aromatic carbocycles. The third kappa shape index (κ3) is 2.90. The highest BCUT2D eigenvalue weighted by Crippen LogP contribution is 2.16. The van der Waals surface area contributed by atoms with E-state index in [0.29, 0.717) is 4.90 Å². The molecule has 3 nitrogen and oxygen atoms in total. The Morgan fingerprint density at radius 3 is 1.94 bits per heavy atom. The number of nitrogens with zero attached hydrogens (tertiary/aromatic N) is 1. The molecule has 0 amide bonds. The predicted molar refractivity (Wildman–Crippen MR) is 73.3 cm³/mol. The molecule has 0 heterocycles. The Morgan fingerprint density at radius 1 is 0.889 bits per heavy atom. The van der Waals surface area contributed by atoms with E-state index in [4.69, 9.17) is 0 Å². The lowest BCUT2D eigenvalue weighted by Crippen LogP contribution is -2.25. The van der Waals surface area contributed by atoms with Crippen LogP contribution in [0.1, 0.15) is 0 Å². The molecule has 0 radical (unpaired) electrons. The van der Waals surface area contributed by atoms with Gasteiger partial charge in [0.2, 0.25) is 0 Å². The van der Waals surface area contributed by atoms with Gasteiger partial charge in [-0.25, -0.2) is 8.42 Å². The number of anilines is 1. The summed E-state index contributed by atoms with van der Waals surface area (Å²) in [5, 5.41) is 0. The molecule has 0 aromatic heterocycles. The van der Waals surface area contributed by atoms with Crippen molar-refractivity contribution in [2.75, 3.05) is 17.8 Å². The summed E-state index contributed by atoms with van der Waals surface area (Å²) in [5.74, 6) is -0.0268. The molecule has 94 valence electrons. The number of rotatable bonds is 4. The van der Waals surface area contributed by atoms with E-state index in [1.54, 1.807) is 42.3 Å². The van der Waals surface area contributed by atoms with E-state index in [2.05, 4.69) is 0 Å². The molecule has 0 fully saturated rings. The fourth-order valence-electron chi connectivity index (χ4n) is 1.71. The first kappa shape index (κ1) is 12.6. The summed E-state index contributed by atoms with van der Waals surface area (Å²) in [5.41, 5.74) is 0.886. The summed E-state index contributed by atoms with van der Waals surface area (Å²) in [7, 11) is -1.51. The molecule has 0 aliphatic carbocycles. The van der Waals surface area contributed by atoms with Crippen molar-refractivity contribution in [2.24, 2.45) is 0 Å². The number of hydrogen-bond acceptors (Lipinski definition) is 3. The average molecular weight is 261 g/mol. The lowest BCUT2D eigenvalue weighted by Gasteiger charge is -2.19. The molecule has 0 bridgehead atoms. The number of sulfone groups is 1. The Balaban J connectivity index is 2.20. The third-order valence-electron chi connectivity index (χ3n) is 2.66. The molecule has 0 unspecified atom stereocenters. The Kier molecular flexibility index (Phi) is 3.67. The number of para-hydroxylation sites is 1. The van der Waals surface area contributed by atoms with Crippen LogP contribution >= 0.6 is 0 Å². The summed E-state index contributed by atoms with van der Waals surface area (Å²) in [6.07, 6.45) is 0. The van der Waals surface area contributed by atoms with E-state index < -0.39 is 9.84 Å². The predicted octanol–water partition coefficient (Wildman–Crippen LogP) is 2.55. The van der Waals surface area contributed by atoms with Gasteiger partial charge in [0.05, 0.1) is 4.90 Å². The van der Waals surface area contributed by atoms with Crippen LogP contribution in [0.25, 0.3) is 0 Å². The molecule has 4 heteroatoms. The normalized spacial score (nSPS) is 11.2. The molecule has 18 heavy (non-hydrogen) atoms. The minimum absolute atomic E-state index is 0.0268. The molecule has 0 saturated carbocycles. The maximum Gasteiger partial charge on any atom is 0.196 e. The monoisotopic (exact) mass is 261 g/mol. The van der Waals surface area contributed by atoms with E-state index in [1.165, 1.54) is 0 Å². The van der Waals surface area contributed by atoms with Crippen LogP contribution in [0.2, 0.25) is 0 Å². The van der Waals surface area contributed by atoms with Crippen molar-refractivity contribution in [1.29, 1.82) is 0 Å². The highest BCUT2D eigenvalue weighted by Gasteiger charge is 2.16. The second kappa shape index (κ2) is 5.23. The van der Waals surface area contributed by atoms with Gasteiger partial charge in [-0.1, -0.05) is 36.4 Å². The van der Waals surface area contributed by atoms with Gasteiger partial charge in [-0.2, -0.15) is 0 Å². The van der Waals surface area contributed by atoms with Crippen LogP contribution in [-0.2, 0) is 9.84 Å².